The number of amides is 1. The third-order valence-electron chi connectivity index (χ3n) is 3.99. The van der Waals surface area contributed by atoms with Crippen molar-refractivity contribution in [2.24, 2.45) is 5.10 Å². The molecule has 0 aliphatic carbocycles. The highest BCUT2D eigenvalue weighted by atomic mass is 79.9. The van der Waals surface area contributed by atoms with Crippen molar-refractivity contribution in [2.75, 3.05) is 0 Å². The Labute approximate surface area is 177 Å². The molecule has 1 aromatic heterocycles. The van der Waals surface area contributed by atoms with Crippen LogP contribution in [0.3, 0.4) is 0 Å². The summed E-state index contributed by atoms with van der Waals surface area (Å²) in [6.07, 6.45) is 1.35. The van der Waals surface area contributed by atoms with E-state index in [9.17, 15) is 13.2 Å². The summed E-state index contributed by atoms with van der Waals surface area (Å²) < 4.78 is 33.4. The summed E-state index contributed by atoms with van der Waals surface area (Å²) in [5.41, 5.74) is 3.82. The van der Waals surface area contributed by atoms with Crippen LogP contribution in [0.4, 0.5) is 0 Å². The molecule has 7 nitrogen and oxygen atoms in total. The van der Waals surface area contributed by atoms with E-state index in [0.29, 0.717) is 17.1 Å². The van der Waals surface area contributed by atoms with Crippen molar-refractivity contribution in [2.45, 2.75) is 18.4 Å². The molecule has 0 aliphatic rings. The van der Waals surface area contributed by atoms with Crippen LogP contribution >= 0.6 is 15.9 Å². The third-order valence-corrected chi connectivity index (χ3v) is 5.94. The minimum absolute atomic E-state index is 0.0121. The van der Waals surface area contributed by atoms with Gasteiger partial charge in [-0.3, -0.25) is 4.79 Å². The summed E-state index contributed by atoms with van der Waals surface area (Å²) in [7, 11) is -3.65. The zero-order chi connectivity index (χ0) is 20.9. The van der Waals surface area contributed by atoms with Crippen molar-refractivity contribution in [3.8, 4) is 0 Å². The zero-order valence-electron chi connectivity index (χ0n) is 15.4. The topological polar surface area (TPSA) is 101 Å². The fraction of sp³-hybridized carbons (Fsp3) is 0.100. The predicted octanol–water partition coefficient (Wildman–Crippen LogP) is 3.59. The number of nitrogens with zero attached hydrogens (tertiary/aromatic N) is 1. The van der Waals surface area contributed by atoms with Crippen LogP contribution in [0, 0.1) is 6.92 Å². The minimum atomic E-state index is -3.65. The van der Waals surface area contributed by atoms with Crippen LogP contribution in [-0.2, 0) is 16.6 Å². The number of halogens is 1. The molecule has 3 rings (SSSR count). The molecule has 0 saturated carbocycles. The maximum Gasteiger partial charge on any atom is 0.271 e. The molecular formula is C20H18BrN3O4S. The van der Waals surface area contributed by atoms with E-state index < -0.39 is 10.0 Å². The number of nitrogens with one attached hydrogen (secondary N) is 2. The maximum absolute atomic E-state index is 12.3. The number of hydrogen-bond acceptors (Lipinski definition) is 5. The van der Waals surface area contributed by atoms with Crippen LogP contribution in [0.25, 0.3) is 0 Å². The molecule has 9 heteroatoms. The molecule has 29 heavy (non-hydrogen) atoms. The molecule has 2 N–H and O–H groups in total. The van der Waals surface area contributed by atoms with E-state index >= 15 is 0 Å². The number of furan rings is 1. The number of carbonyl (C=O) groups excluding carboxylic acids is 1. The van der Waals surface area contributed by atoms with Gasteiger partial charge in [0.1, 0.15) is 11.5 Å². The first-order chi connectivity index (χ1) is 13.8. The van der Waals surface area contributed by atoms with Gasteiger partial charge in [0.15, 0.2) is 0 Å². The summed E-state index contributed by atoms with van der Waals surface area (Å²) in [6.45, 7) is 1.83. The second-order valence-corrected chi connectivity index (χ2v) is 8.78. The Morgan fingerprint density at radius 2 is 1.83 bits per heavy atom. The van der Waals surface area contributed by atoms with Gasteiger partial charge in [0, 0.05) is 10.0 Å². The monoisotopic (exact) mass is 475 g/mol. The highest BCUT2D eigenvalue weighted by Crippen LogP contribution is 2.15. The second kappa shape index (κ2) is 9.17. The van der Waals surface area contributed by atoms with Gasteiger partial charge in [-0.05, 0) is 55.0 Å². The number of rotatable bonds is 7. The minimum Gasteiger partial charge on any atom is -0.459 e. The maximum atomic E-state index is 12.3. The normalized spacial score (nSPS) is 11.7. The Morgan fingerprint density at radius 3 is 2.55 bits per heavy atom. The molecule has 1 heterocycles. The van der Waals surface area contributed by atoms with Crippen LogP contribution < -0.4 is 10.1 Å². The van der Waals surface area contributed by atoms with Gasteiger partial charge in [-0.2, -0.15) is 5.10 Å². The largest absolute Gasteiger partial charge is 0.459 e. The van der Waals surface area contributed by atoms with Gasteiger partial charge in [-0.15, -0.1) is 0 Å². The molecule has 3 aromatic rings. The second-order valence-electron chi connectivity index (χ2n) is 6.10. The zero-order valence-corrected chi connectivity index (χ0v) is 17.8. The van der Waals surface area contributed by atoms with Crippen LogP contribution in [0.2, 0.25) is 0 Å². The predicted molar refractivity (Wildman–Crippen MR) is 113 cm³/mol. The Bertz CT molecular complexity index is 1140. The molecule has 2 aromatic carbocycles. The summed E-state index contributed by atoms with van der Waals surface area (Å²) in [6, 6.07) is 16.8. The molecule has 0 fully saturated rings. The molecule has 0 radical (unpaired) electrons. The summed E-state index contributed by atoms with van der Waals surface area (Å²) in [5.74, 6) is 0.471. The average molecular weight is 476 g/mol. The number of carbonyl (C=O) groups is 1. The quantitative estimate of drug-likeness (QED) is 0.402. The molecule has 0 spiro atoms. The van der Waals surface area contributed by atoms with Gasteiger partial charge < -0.3 is 4.42 Å². The lowest BCUT2D eigenvalue weighted by Crippen LogP contribution is -2.22. The summed E-state index contributed by atoms with van der Waals surface area (Å²) in [5, 5.41) is 3.88. The number of hydrogen-bond donors (Lipinski definition) is 2. The van der Waals surface area contributed by atoms with E-state index in [1.165, 1.54) is 18.3 Å². The van der Waals surface area contributed by atoms with Gasteiger partial charge in [0.25, 0.3) is 5.91 Å². The number of benzene rings is 2. The van der Waals surface area contributed by atoms with E-state index in [-0.39, 0.29) is 17.3 Å². The first-order valence-electron chi connectivity index (χ1n) is 8.58. The number of hydrazone groups is 1. The van der Waals surface area contributed by atoms with Crippen molar-refractivity contribution in [1.29, 1.82) is 0 Å². The molecule has 0 unspecified atom stereocenters. The van der Waals surface area contributed by atoms with E-state index in [1.807, 2.05) is 19.1 Å². The number of sulfonamides is 1. The average Bonchev–Trinajstić information content (AvgIpc) is 3.15. The lowest BCUT2D eigenvalue weighted by molar-refractivity contribution is 0.0954. The lowest BCUT2D eigenvalue weighted by Gasteiger charge is -2.05. The van der Waals surface area contributed by atoms with E-state index in [1.54, 1.807) is 36.4 Å². The smallest absolute Gasteiger partial charge is 0.271 e. The fourth-order valence-corrected chi connectivity index (χ4v) is 3.72. The van der Waals surface area contributed by atoms with E-state index in [2.05, 4.69) is 31.2 Å². The van der Waals surface area contributed by atoms with Gasteiger partial charge in [-0.1, -0.05) is 34.1 Å². The molecular weight excluding hydrogens is 458 g/mol. The highest BCUT2D eigenvalue weighted by Gasteiger charge is 2.14. The van der Waals surface area contributed by atoms with Gasteiger partial charge in [0.05, 0.1) is 17.7 Å². The summed E-state index contributed by atoms with van der Waals surface area (Å²) in [4.78, 5) is 12.3. The molecule has 0 aliphatic heterocycles. The van der Waals surface area contributed by atoms with Crippen LogP contribution in [0.15, 0.2) is 79.6 Å². The van der Waals surface area contributed by atoms with Crippen molar-refractivity contribution >= 4 is 38.1 Å². The highest BCUT2D eigenvalue weighted by molar-refractivity contribution is 9.10. The standard InChI is InChI=1S/C20H18BrN3O4S/c1-14-4-2-3-5-19(14)20(25)24-22-12-16-8-9-17(28-16)13-23-29(26,27)18-10-6-15(21)7-11-18/h2-12,23H,13H2,1H3,(H,24,25)/b22-12-. The van der Waals surface area contributed by atoms with Gasteiger partial charge in [0.2, 0.25) is 10.0 Å². The van der Waals surface area contributed by atoms with Crippen LogP contribution in [0.1, 0.15) is 27.4 Å². The lowest BCUT2D eigenvalue weighted by atomic mass is 10.1. The SMILES string of the molecule is Cc1ccccc1C(=O)N/N=C\c1ccc(CNS(=O)(=O)c2ccc(Br)cc2)o1. The van der Waals surface area contributed by atoms with Crippen LogP contribution in [0.5, 0.6) is 0 Å². The number of aryl methyl sites for hydroxylation is 1. The van der Waals surface area contributed by atoms with Crippen molar-refractivity contribution < 1.29 is 17.6 Å². The third kappa shape index (κ3) is 5.63. The molecule has 150 valence electrons. The van der Waals surface area contributed by atoms with Crippen molar-refractivity contribution in [3.63, 3.8) is 0 Å². The first-order valence-corrected chi connectivity index (χ1v) is 10.9. The Hall–Kier alpha value is -2.75. The molecule has 0 saturated heterocycles. The molecule has 1 amide bonds. The fourth-order valence-electron chi connectivity index (χ4n) is 2.46. The van der Waals surface area contributed by atoms with Crippen molar-refractivity contribution in [3.05, 3.63) is 87.8 Å². The Morgan fingerprint density at radius 1 is 1.10 bits per heavy atom. The van der Waals surface area contributed by atoms with Gasteiger partial charge >= 0.3 is 0 Å². The first kappa shape index (κ1) is 21.0. The summed E-state index contributed by atoms with van der Waals surface area (Å²) >= 11 is 3.27. The Balaban J connectivity index is 1.56. The van der Waals surface area contributed by atoms with E-state index in [0.717, 1.165) is 10.0 Å². The Kier molecular flexibility index (Phi) is 6.63. The molecule has 0 atom stereocenters. The van der Waals surface area contributed by atoms with E-state index in [4.69, 9.17) is 4.42 Å². The van der Waals surface area contributed by atoms with Crippen LogP contribution in [-0.4, -0.2) is 20.5 Å². The van der Waals surface area contributed by atoms with Gasteiger partial charge in [-0.25, -0.2) is 18.6 Å². The van der Waals surface area contributed by atoms with Crippen molar-refractivity contribution in [1.82, 2.24) is 10.1 Å². The molecule has 0 bridgehead atoms.